The van der Waals surface area contributed by atoms with Crippen LogP contribution in [0.15, 0.2) is 32.1 Å². The number of aryl methyl sites for hydroxylation is 1. The fraction of sp³-hybridized carbons (Fsp3) is 0.250. The van der Waals surface area contributed by atoms with Gasteiger partial charge >= 0.3 is 19.7 Å². The number of aromatic nitrogens is 4. The van der Waals surface area contributed by atoms with Crippen LogP contribution in [-0.4, -0.2) is 33.8 Å². The zero-order valence-electron chi connectivity index (χ0n) is 20.0. The van der Waals surface area contributed by atoms with E-state index in [1.807, 2.05) is 0 Å². The van der Waals surface area contributed by atoms with Crippen LogP contribution >= 0.6 is 30.7 Å². The molecule has 2 N–H and O–H groups in total. The molecule has 0 bridgehead atoms. The Morgan fingerprint density at radius 3 is 2.45 bits per heavy atom. The number of benzene rings is 1. The lowest BCUT2D eigenvalue weighted by Gasteiger charge is -2.13. The largest absolute Gasteiger partial charge is 0.471 e. The molecule has 1 aromatic carbocycles. The summed E-state index contributed by atoms with van der Waals surface area (Å²) in [7, 11) is -2.51. The number of carbonyl (C=O) groups is 1. The molecule has 0 atom stereocenters. The Hall–Kier alpha value is -3.35. The van der Waals surface area contributed by atoms with Gasteiger partial charge in [0.1, 0.15) is 11.6 Å². The fourth-order valence-corrected chi connectivity index (χ4v) is 5.61. The van der Waals surface area contributed by atoms with Crippen molar-refractivity contribution in [3.8, 4) is 11.3 Å². The first-order valence-corrected chi connectivity index (χ1v) is 13.8. The Labute approximate surface area is 226 Å². The summed E-state index contributed by atoms with van der Waals surface area (Å²) in [4.78, 5) is 59.4. The lowest BCUT2D eigenvalue weighted by molar-refractivity contribution is -0.140. The van der Waals surface area contributed by atoms with E-state index >= 15 is 0 Å². The van der Waals surface area contributed by atoms with E-state index in [-0.39, 0.29) is 26.8 Å². The molecule has 20 heteroatoms. The molecule has 1 amide bonds. The summed E-state index contributed by atoms with van der Waals surface area (Å²) >= 11 is 1.39. The predicted octanol–water partition coefficient (Wildman–Crippen LogP) is 2.26. The molecule has 40 heavy (non-hydrogen) atoms. The Kier molecular flexibility index (Phi) is 7.83. The number of alkyl halides is 3. The Bertz CT molecular complexity index is 1900. The van der Waals surface area contributed by atoms with E-state index in [9.17, 15) is 40.9 Å². The van der Waals surface area contributed by atoms with Gasteiger partial charge in [0.05, 0.1) is 28.8 Å². The molecule has 0 aliphatic rings. The second-order valence-electron chi connectivity index (χ2n) is 8.06. The topological polar surface area (TPSA) is 158 Å². The van der Waals surface area contributed by atoms with Crippen molar-refractivity contribution in [2.24, 2.45) is 19.1 Å². The molecule has 4 rings (SSSR count). The lowest BCUT2D eigenvalue weighted by Crippen LogP contribution is -2.36. The standard InChI is InChI=1S/C20H15F5N5O7PS2/c1-28-16(32)13-10(27-40-17(13)29(2)19(28)33)5-12(31)26-18-30(7-37-38(34,35)36)11(6-39-18)8-3-4-9(20(23,24)25)15(22)14(8)21/h3-4,6H,5,7H2,1-2H3,(H2,34,35,36)/b26-18-. The van der Waals surface area contributed by atoms with Gasteiger partial charge in [-0.2, -0.15) is 22.5 Å². The summed E-state index contributed by atoms with van der Waals surface area (Å²) in [6.45, 7) is -1.06. The third-order valence-corrected chi connectivity index (χ3v) is 7.78. The van der Waals surface area contributed by atoms with E-state index in [0.29, 0.717) is 17.4 Å². The zero-order valence-corrected chi connectivity index (χ0v) is 22.5. The SMILES string of the molecule is Cn1c(=O)c2c(CC(=O)/N=c3\scc(-c4ccc(C(F)(F)F)c(F)c4F)n3COP(=O)(O)O)nsc2n(C)c1=O. The normalized spacial score (nSPS) is 13.0. The molecule has 0 spiro atoms. The van der Waals surface area contributed by atoms with Crippen molar-refractivity contribution in [3.05, 3.63) is 66.0 Å². The molecule has 214 valence electrons. The van der Waals surface area contributed by atoms with Gasteiger partial charge in [-0.3, -0.25) is 27.8 Å². The van der Waals surface area contributed by atoms with Gasteiger partial charge in [0, 0.05) is 25.0 Å². The number of carbonyl (C=O) groups excluding carboxylic acids is 1. The average Bonchev–Trinajstić information content (AvgIpc) is 3.44. The molecule has 0 saturated carbocycles. The van der Waals surface area contributed by atoms with Crippen molar-refractivity contribution in [2.75, 3.05) is 0 Å². The first kappa shape index (κ1) is 29.6. The second-order valence-corrected chi connectivity index (χ2v) is 10.9. The van der Waals surface area contributed by atoms with Crippen LogP contribution < -0.4 is 16.1 Å². The van der Waals surface area contributed by atoms with Crippen LogP contribution in [0, 0.1) is 11.6 Å². The Balaban J connectivity index is 1.80. The maximum absolute atomic E-state index is 14.7. The molecule has 4 aromatic rings. The molecular weight excluding hydrogens is 612 g/mol. The summed E-state index contributed by atoms with van der Waals surface area (Å²) in [5.74, 6) is -5.06. The highest BCUT2D eigenvalue weighted by molar-refractivity contribution is 7.46. The van der Waals surface area contributed by atoms with Gasteiger partial charge in [-0.25, -0.2) is 18.1 Å². The molecule has 0 radical (unpaired) electrons. The Morgan fingerprint density at radius 2 is 1.82 bits per heavy atom. The van der Waals surface area contributed by atoms with Gasteiger partial charge in [0.2, 0.25) is 0 Å². The number of thiazole rings is 1. The maximum atomic E-state index is 14.7. The third kappa shape index (κ3) is 5.61. The van der Waals surface area contributed by atoms with Gasteiger partial charge < -0.3 is 9.79 Å². The highest BCUT2D eigenvalue weighted by Gasteiger charge is 2.36. The third-order valence-electron chi connectivity index (χ3n) is 5.50. The first-order chi connectivity index (χ1) is 18.5. The van der Waals surface area contributed by atoms with Crippen LogP contribution in [0.5, 0.6) is 0 Å². The van der Waals surface area contributed by atoms with E-state index in [1.165, 1.54) is 14.1 Å². The monoisotopic (exact) mass is 627 g/mol. The average molecular weight is 627 g/mol. The number of amides is 1. The van der Waals surface area contributed by atoms with Crippen molar-refractivity contribution < 1.29 is 45.6 Å². The summed E-state index contributed by atoms with van der Waals surface area (Å²) in [6, 6.07) is 0.882. The molecule has 3 heterocycles. The molecule has 0 fully saturated rings. The summed E-state index contributed by atoms with van der Waals surface area (Å²) < 4.78 is 90.3. The highest BCUT2D eigenvalue weighted by Crippen LogP contribution is 2.38. The van der Waals surface area contributed by atoms with Gasteiger partial charge in [-0.15, -0.1) is 11.3 Å². The zero-order chi connectivity index (χ0) is 29.7. The summed E-state index contributed by atoms with van der Waals surface area (Å²) in [6.07, 6.45) is -5.76. The minimum atomic E-state index is -5.20. The number of rotatable bonds is 6. The molecule has 0 aliphatic carbocycles. The molecule has 0 unspecified atom stereocenters. The summed E-state index contributed by atoms with van der Waals surface area (Å²) in [5, 5.41) is 1.05. The number of halogens is 5. The highest BCUT2D eigenvalue weighted by atomic mass is 32.1. The van der Waals surface area contributed by atoms with E-state index in [1.54, 1.807) is 0 Å². The Morgan fingerprint density at radius 1 is 1.15 bits per heavy atom. The fourth-order valence-electron chi connectivity index (χ4n) is 3.59. The van der Waals surface area contributed by atoms with Crippen LogP contribution in [0.4, 0.5) is 22.0 Å². The predicted molar refractivity (Wildman–Crippen MR) is 130 cm³/mol. The molecular formula is C20H15F5N5O7PS2. The smallest absolute Gasteiger partial charge is 0.303 e. The van der Waals surface area contributed by atoms with Crippen molar-refractivity contribution in [1.82, 2.24) is 18.1 Å². The lowest BCUT2D eigenvalue weighted by atomic mass is 10.1. The van der Waals surface area contributed by atoms with Crippen molar-refractivity contribution in [1.29, 1.82) is 0 Å². The van der Waals surface area contributed by atoms with Gasteiger partial charge in [0.25, 0.3) is 11.5 Å². The van der Waals surface area contributed by atoms with Gasteiger partial charge in [0.15, 0.2) is 16.4 Å². The van der Waals surface area contributed by atoms with Crippen LogP contribution in [0.25, 0.3) is 21.5 Å². The van der Waals surface area contributed by atoms with Gasteiger partial charge in [-0.05, 0) is 23.7 Å². The molecule has 12 nitrogen and oxygen atoms in total. The van der Waals surface area contributed by atoms with E-state index in [0.717, 1.165) is 30.6 Å². The second kappa shape index (κ2) is 10.6. The number of fused-ring (bicyclic) bond motifs is 1. The first-order valence-electron chi connectivity index (χ1n) is 10.6. The van der Waals surface area contributed by atoms with Crippen LogP contribution in [0.2, 0.25) is 0 Å². The number of phosphoric ester groups is 1. The molecule has 0 aliphatic heterocycles. The van der Waals surface area contributed by atoms with Crippen molar-refractivity contribution in [2.45, 2.75) is 19.3 Å². The quantitative estimate of drug-likeness (QED) is 0.244. The maximum Gasteiger partial charge on any atom is 0.471 e. The van der Waals surface area contributed by atoms with E-state index < -0.39 is 72.8 Å². The molecule has 3 aromatic heterocycles. The van der Waals surface area contributed by atoms with Gasteiger partial charge in [-0.1, -0.05) is 0 Å². The summed E-state index contributed by atoms with van der Waals surface area (Å²) in [5.41, 5.74) is -4.36. The van der Waals surface area contributed by atoms with Crippen LogP contribution in [0.3, 0.4) is 0 Å². The number of phosphoric acid groups is 1. The number of nitrogens with zero attached hydrogens (tertiary/aromatic N) is 5. The van der Waals surface area contributed by atoms with Crippen LogP contribution in [0.1, 0.15) is 11.3 Å². The van der Waals surface area contributed by atoms with Crippen LogP contribution in [-0.2, 0) is 47.3 Å². The van der Waals surface area contributed by atoms with E-state index in [4.69, 9.17) is 9.79 Å². The van der Waals surface area contributed by atoms with Crippen molar-refractivity contribution >= 4 is 46.8 Å². The minimum Gasteiger partial charge on any atom is -0.303 e. The minimum absolute atomic E-state index is 0.00923. The molecule has 0 saturated heterocycles. The number of hydrogen-bond donors (Lipinski definition) is 2. The number of hydrogen-bond acceptors (Lipinski definition) is 8. The van der Waals surface area contributed by atoms with E-state index in [2.05, 4.69) is 13.9 Å². The van der Waals surface area contributed by atoms with Crippen molar-refractivity contribution in [3.63, 3.8) is 0 Å².